The summed E-state index contributed by atoms with van der Waals surface area (Å²) in [6.45, 7) is 4.86. The van der Waals surface area contributed by atoms with Crippen molar-refractivity contribution in [3.63, 3.8) is 0 Å². The first-order valence-corrected chi connectivity index (χ1v) is 4.48. The summed E-state index contributed by atoms with van der Waals surface area (Å²) in [5.41, 5.74) is 5.81. The maximum absolute atomic E-state index is 8.90. The first kappa shape index (κ1) is 11.9. The van der Waals surface area contributed by atoms with Gasteiger partial charge in [0.05, 0.1) is 6.61 Å². The molecule has 0 fully saturated rings. The molecule has 0 rings (SSSR count). The Morgan fingerprint density at radius 2 is 2.17 bits per heavy atom. The number of nitrogens with two attached hydrogens (primary N) is 1. The molecule has 0 amide bonds. The number of methoxy groups -OCH3 is 1. The average Bonchev–Trinajstić information content (AvgIpc) is 2.03. The van der Waals surface area contributed by atoms with Crippen LogP contribution in [0.1, 0.15) is 26.7 Å². The number of ether oxygens (including phenoxy) is 1. The number of aliphatic hydroxyl groups is 1. The van der Waals surface area contributed by atoms with Gasteiger partial charge in [0, 0.05) is 25.2 Å². The van der Waals surface area contributed by atoms with E-state index in [1.807, 2.05) is 6.92 Å². The van der Waals surface area contributed by atoms with Gasteiger partial charge < -0.3 is 15.6 Å². The van der Waals surface area contributed by atoms with E-state index in [-0.39, 0.29) is 18.1 Å². The Labute approximate surface area is 74.9 Å². The summed E-state index contributed by atoms with van der Waals surface area (Å²) in [5.74, 6) is 0. The van der Waals surface area contributed by atoms with Crippen LogP contribution in [0.2, 0.25) is 0 Å². The van der Waals surface area contributed by atoms with Crippen LogP contribution in [0, 0.1) is 5.41 Å². The smallest absolute Gasteiger partial charge is 0.0534 e. The second-order valence-corrected chi connectivity index (χ2v) is 3.41. The van der Waals surface area contributed by atoms with Crippen molar-refractivity contribution in [2.24, 2.45) is 11.1 Å². The molecule has 0 aliphatic heterocycles. The van der Waals surface area contributed by atoms with Crippen LogP contribution in [0.25, 0.3) is 0 Å². The van der Waals surface area contributed by atoms with Gasteiger partial charge in [-0.15, -0.1) is 0 Å². The van der Waals surface area contributed by atoms with Crippen LogP contribution in [0.15, 0.2) is 0 Å². The van der Waals surface area contributed by atoms with E-state index in [9.17, 15) is 0 Å². The molecule has 0 aromatic carbocycles. The number of hydrogen-bond acceptors (Lipinski definition) is 3. The Morgan fingerprint density at radius 3 is 2.42 bits per heavy atom. The fourth-order valence-electron chi connectivity index (χ4n) is 1.54. The van der Waals surface area contributed by atoms with Crippen molar-refractivity contribution in [2.75, 3.05) is 20.3 Å². The molecule has 0 aliphatic carbocycles. The quantitative estimate of drug-likeness (QED) is 0.626. The molecule has 0 aliphatic rings. The van der Waals surface area contributed by atoms with Crippen LogP contribution in [0.4, 0.5) is 0 Å². The largest absolute Gasteiger partial charge is 0.396 e. The highest BCUT2D eigenvalue weighted by molar-refractivity contribution is 4.85. The highest BCUT2D eigenvalue weighted by Gasteiger charge is 2.31. The van der Waals surface area contributed by atoms with Crippen LogP contribution in [0.5, 0.6) is 0 Å². The van der Waals surface area contributed by atoms with Crippen molar-refractivity contribution in [2.45, 2.75) is 32.7 Å². The second kappa shape index (κ2) is 5.51. The maximum atomic E-state index is 8.90. The summed E-state index contributed by atoms with van der Waals surface area (Å²) in [5, 5.41) is 8.90. The summed E-state index contributed by atoms with van der Waals surface area (Å²) in [7, 11) is 1.67. The van der Waals surface area contributed by atoms with Gasteiger partial charge in [-0.3, -0.25) is 0 Å². The zero-order chi connectivity index (χ0) is 9.61. The monoisotopic (exact) mass is 175 g/mol. The van der Waals surface area contributed by atoms with Gasteiger partial charge in [0.25, 0.3) is 0 Å². The predicted molar refractivity (Wildman–Crippen MR) is 50.0 cm³/mol. The van der Waals surface area contributed by atoms with E-state index in [0.29, 0.717) is 6.61 Å². The normalized spacial score (nSPS) is 18.8. The van der Waals surface area contributed by atoms with Crippen LogP contribution >= 0.6 is 0 Å². The Balaban J connectivity index is 4.28. The third-order valence-corrected chi connectivity index (χ3v) is 2.71. The molecule has 0 saturated carbocycles. The van der Waals surface area contributed by atoms with Gasteiger partial charge in [0.2, 0.25) is 0 Å². The minimum absolute atomic E-state index is 0.0521. The highest BCUT2D eigenvalue weighted by Crippen LogP contribution is 2.29. The van der Waals surface area contributed by atoms with E-state index in [0.717, 1.165) is 12.8 Å². The van der Waals surface area contributed by atoms with E-state index in [2.05, 4.69) is 6.92 Å². The summed E-state index contributed by atoms with van der Waals surface area (Å²) >= 11 is 0. The van der Waals surface area contributed by atoms with E-state index in [1.165, 1.54) is 0 Å². The first-order chi connectivity index (χ1) is 5.63. The van der Waals surface area contributed by atoms with Gasteiger partial charge in [-0.25, -0.2) is 0 Å². The van der Waals surface area contributed by atoms with E-state index < -0.39 is 0 Å². The van der Waals surface area contributed by atoms with Crippen molar-refractivity contribution >= 4 is 0 Å². The second-order valence-electron chi connectivity index (χ2n) is 3.41. The molecule has 0 aromatic rings. The maximum Gasteiger partial charge on any atom is 0.0534 e. The SMILES string of the molecule is CCC(CCO)(COC)C(C)N. The average molecular weight is 175 g/mol. The van der Waals surface area contributed by atoms with Gasteiger partial charge in [-0.1, -0.05) is 6.92 Å². The van der Waals surface area contributed by atoms with E-state index in [4.69, 9.17) is 15.6 Å². The molecule has 3 N–H and O–H groups in total. The van der Waals surface area contributed by atoms with Crippen LogP contribution in [-0.2, 0) is 4.74 Å². The number of hydrogen-bond donors (Lipinski definition) is 2. The van der Waals surface area contributed by atoms with Crippen LogP contribution < -0.4 is 5.73 Å². The molecular weight excluding hydrogens is 154 g/mol. The third kappa shape index (κ3) is 2.73. The summed E-state index contributed by atoms with van der Waals surface area (Å²) in [6, 6.07) is 0.0644. The lowest BCUT2D eigenvalue weighted by molar-refractivity contribution is 0.0380. The molecule has 74 valence electrons. The Hall–Kier alpha value is -0.120. The molecule has 0 radical (unpaired) electrons. The van der Waals surface area contributed by atoms with Gasteiger partial charge >= 0.3 is 0 Å². The van der Waals surface area contributed by atoms with Crippen molar-refractivity contribution in [1.29, 1.82) is 0 Å². The van der Waals surface area contributed by atoms with Crippen LogP contribution in [-0.4, -0.2) is 31.5 Å². The number of rotatable bonds is 6. The molecule has 3 heteroatoms. The molecule has 0 heterocycles. The minimum atomic E-state index is -0.0521. The molecule has 2 unspecified atom stereocenters. The van der Waals surface area contributed by atoms with Crippen molar-refractivity contribution in [1.82, 2.24) is 0 Å². The summed E-state index contributed by atoms with van der Waals surface area (Å²) < 4.78 is 5.12. The van der Waals surface area contributed by atoms with Crippen molar-refractivity contribution in [3.8, 4) is 0 Å². The Kier molecular flexibility index (Phi) is 5.46. The molecule has 12 heavy (non-hydrogen) atoms. The van der Waals surface area contributed by atoms with Crippen molar-refractivity contribution < 1.29 is 9.84 Å². The van der Waals surface area contributed by atoms with Gasteiger partial charge in [0.15, 0.2) is 0 Å². The molecule has 0 bridgehead atoms. The molecule has 0 spiro atoms. The van der Waals surface area contributed by atoms with Gasteiger partial charge in [-0.2, -0.15) is 0 Å². The third-order valence-electron chi connectivity index (χ3n) is 2.71. The highest BCUT2D eigenvalue weighted by atomic mass is 16.5. The lowest BCUT2D eigenvalue weighted by Crippen LogP contribution is -2.43. The zero-order valence-corrected chi connectivity index (χ0v) is 8.34. The lowest BCUT2D eigenvalue weighted by Gasteiger charge is -2.35. The fourth-order valence-corrected chi connectivity index (χ4v) is 1.54. The number of aliphatic hydroxyl groups excluding tert-OH is 1. The minimum Gasteiger partial charge on any atom is -0.396 e. The fraction of sp³-hybridized carbons (Fsp3) is 1.00. The van der Waals surface area contributed by atoms with Gasteiger partial charge in [-0.05, 0) is 19.8 Å². The first-order valence-electron chi connectivity index (χ1n) is 4.48. The Bertz CT molecular complexity index is 109. The summed E-state index contributed by atoms with van der Waals surface area (Å²) in [6.07, 6.45) is 1.66. The Morgan fingerprint density at radius 1 is 1.58 bits per heavy atom. The van der Waals surface area contributed by atoms with E-state index in [1.54, 1.807) is 7.11 Å². The standard InChI is InChI=1S/C9H21NO2/c1-4-9(5-6-11,7-12-3)8(2)10/h8,11H,4-7,10H2,1-3H3. The summed E-state index contributed by atoms with van der Waals surface area (Å²) in [4.78, 5) is 0. The molecule has 2 atom stereocenters. The molecule has 3 nitrogen and oxygen atoms in total. The van der Waals surface area contributed by atoms with E-state index >= 15 is 0 Å². The molecule has 0 aromatic heterocycles. The lowest BCUT2D eigenvalue weighted by atomic mass is 9.77. The van der Waals surface area contributed by atoms with Crippen molar-refractivity contribution in [3.05, 3.63) is 0 Å². The zero-order valence-electron chi connectivity index (χ0n) is 8.34. The molecular formula is C9H21NO2. The predicted octanol–water partition coefficient (Wildman–Crippen LogP) is 0.759. The molecule has 0 saturated heterocycles. The topological polar surface area (TPSA) is 55.5 Å². The van der Waals surface area contributed by atoms with Gasteiger partial charge in [0.1, 0.15) is 0 Å². The van der Waals surface area contributed by atoms with Crippen LogP contribution in [0.3, 0.4) is 0 Å².